The Bertz CT molecular complexity index is 225. The fourth-order valence-corrected chi connectivity index (χ4v) is 2.43. The minimum Gasteiger partial charge on any atom is -0.481 e. The highest BCUT2D eigenvalue weighted by molar-refractivity contribution is 7.99. The van der Waals surface area contributed by atoms with Crippen LogP contribution >= 0.6 is 11.8 Å². The summed E-state index contributed by atoms with van der Waals surface area (Å²) in [5, 5.41) is 8.45. The van der Waals surface area contributed by atoms with Gasteiger partial charge in [0, 0.05) is 31.7 Å². The van der Waals surface area contributed by atoms with E-state index in [1.807, 2.05) is 16.7 Å². The SMILES string of the molecule is O=C(O)CCCC(=O)N1CCCSCC1. The van der Waals surface area contributed by atoms with E-state index in [1.54, 1.807) is 0 Å². The molecule has 5 heteroatoms. The number of nitrogens with zero attached hydrogens (tertiary/aromatic N) is 1. The summed E-state index contributed by atoms with van der Waals surface area (Å²) in [5.74, 6) is 1.41. The maximum Gasteiger partial charge on any atom is 0.303 e. The van der Waals surface area contributed by atoms with Gasteiger partial charge in [-0.05, 0) is 18.6 Å². The first-order chi connectivity index (χ1) is 7.20. The fourth-order valence-electron chi connectivity index (χ4n) is 1.54. The van der Waals surface area contributed by atoms with E-state index >= 15 is 0 Å². The van der Waals surface area contributed by atoms with Crippen molar-refractivity contribution in [3.8, 4) is 0 Å². The summed E-state index contributed by atoms with van der Waals surface area (Å²) in [4.78, 5) is 23.8. The molecule has 0 aromatic carbocycles. The predicted molar refractivity (Wildman–Crippen MR) is 60.0 cm³/mol. The van der Waals surface area contributed by atoms with E-state index in [4.69, 9.17) is 5.11 Å². The molecule has 15 heavy (non-hydrogen) atoms. The Kier molecular flexibility index (Phi) is 5.53. The number of aliphatic carboxylic acids is 1. The standard InChI is InChI=1S/C10H17NO3S/c12-9(3-1-4-10(13)14)11-5-2-7-15-8-6-11/h1-8H2,(H,13,14). The zero-order valence-corrected chi connectivity index (χ0v) is 9.59. The smallest absolute Gasteiger partial charge is 0.303 e. The summed E-state index contributed by atoms with van der Waals surface area (Å²) >= 11 is 1.88. The van der Waals surface area contributed by atoms with Crippen LogP contribution in [-0.2, 0) is 9.59 Å². The predicted octanol–water partition coefficient (Wildman–Crippen LogP) is 1.21. The third kappa shape index (κ3) is 5.06. The zero-order valence-electron chi connectivity index (χ0n) is 8.78. The van der Waals surface area contributed by atoms with Gasteiger partial charge in [0.15, 0.2) is 0 Å². The molecule has 1 amide bonds. The third-order valence-electron chi connectivity index (χ3n) is 2.36. The van der Waals surface area contributed by atoms with E-state index in [-0.39, 0.29) is 12.3 Å². The molecule has 1 heterocycles. The van der Waals surface area contributed by atoms with Crippen LogP contribution in [0.25, 0.3) is 0 Å². The Morgan fingerprint density at radius 2 is 2.00 bits per heavy atom. The maximum atomic E-state index is 11.7. The quantitative estimate of drug-likeness (QED) is 0.790. The van der Waals surface area contributed by atoms with Gasteiger partial charge in [0.1, 0.15) is 0 Å². The molecule has 0 bridgehead atoms. The number of thioether (sulfide) groups is 1. The van der Waals surface area contributed by atoms with E-state index in [1.165, 1.54) is 0 Å². The Hall–Kier alpha value is -0.710. The number of carbonyl (C=O) groups is 2. The first-order valence-electron chi connectivity index (χ1n) is 5.27. The van der Waals surface area contributed by atoms with Gasteiger partial charge in [0.25, 0.3) is 0 Å². The van der Waals surface area contributed by atoms with Crippen LogP contribution < -0.4 is 0 Å². The van der Waals surface area contributed by atoms with Gasteiger partial charge in [-0.2, -0.15) is 11.8 Å². The normalized spacial score (nSPS) is 17.2. The van der Waals surface area contributed by atoms with Crippen LogP contribution in [-0.4, -0.2) is 46.5 Å². The van der Waals surface area contributed by atoms with Crippen LogP contribution in [0, 0.1) is 0 Å². The number of hydrogen-bond acceptors (Lipinski definition) is 3. The zero-order chi connectivity index (χ0) is 11.1. The van der Waals surface area contributed by atoms with Crippen LogP contribution in [0.1, 0.15) is 25.7 Å². The Morgan fingerprint density at radius 1 is 1.20 bits per heavy atom. The molecule has 1 fully saturated rings. The lowest BCUT2D eigenvalue weighted by Gasteiger charge is -2.19. The van der Waals surface area contributed by atoms with Crippen LogP contribution in [0.15, 0.2) is 0 Å². The van der Waals surface area contributed by atoms with Crippen molar-refractivity contribution in [2.24, 2.45) is 0 Å². The molecular formula is C10H17NO3S. The second kappa shape index (κ2) is 6.71. The number of hydrogen-bond donors (Lipinski definition) is 1. The lowest BCUT2D eigenvalue weighted by molar-refractivity contribution is -0.137. The number of carboxylic acids is 1. The third-order valence-corrected chi connectivity index (χ3v) is 3.40. The van der Waals surface area contributed by atoms with Gasteiger partial charge in [-0.25, -0.2) is 0 Å². The van der Waals surface area contributed by atoms with Crippen molar-refractivity contribution < 1.29 is 14.7 Å². The summed E-state index contributed by atoms with van der Waals surface area (Å²) in [7, 11) is 0. The van der Waals surface area contributed by atoms with E-state index in [2.05, 4.69) is 0 Å². The minimum atomic E-state index is -0.825. The highest BCUT2D eigenvalue weighted by Crippen LogP contribution is 2.11. The molecule has 1 N–H and O–H groups in total. The average Bonchev–Trinajstić information content (AvgIpc) is 2.44. The van der Waals surface area contributed by atoms with Crippen LogP contribution in [0.5, 0.6) is 0 Å². The molecule has 1 aliphatic rings. The second-order valence-corrected chi connectivity index (χ2v) is 4.82. The van der Waals surface area contributed by atoms with Gasteiger partial charge in [0.05, 0.1) is 0 Å². The molecule has 1 rings (SSSR count). The van der Waals surface area contributed by atoms with Gasteiger partial charge < -0.3 is 10.0 Å². The van der Waals surface area contributed by atoms with Gasteiger partial charge in [-0.3, -0.25) is 9.59 Å². The molecule has 0 aromatic heterocycles. The molecule has 4 nitrogen and oxygen atoms in total. The molecule has 0 saturated carbocycles. The lowest BCUT2D eigenvalue weighted by atomic mass is 10.2. The number of carbonyl (C=O) groups excluding carboxylic acids is 1. The van der Waals surface area contributed by atoms with E-state index in [9.17, 15) is 9.59 Å². The molecule has 0 atom stereocenters. The topological polar surface area (TPSA) is 57.6 Å². The molecular weight excluding hydrogens is 214 g/mol. The first-order valence-corrected chi connectivity index (χ1v) is 6.43. The summed E-state index contributed by atoms with van der Waals surface area (Å²) in [6.07, 6.45) is 1.97. The van der Waals surface area contributed by atoms with Gasteiger partial charge in [-0.15, -0.1) is 0 Å². The van der Waals surface area contributed by atoms with Crippen molar-refractivity contribution in [2.75, 3.05) is 24.6 Å². The van der Waals surface area contributed by atoms with Crippen LogP contribution in [0.4, 0.5) is 0 Å². The summed E-state index contributed by atoms with van der Waals surface area (Å²) in [6.45, 7) is 1.65. The molecule has 86 valence electrons. The van der Waals surface area contributed by atoms with E-state index in [0.29, 0.717) is 12.8 Å². The van der Waals surface area contributed by atoms with Crippen molar-refractivity contribution in [2.45, 2.75) is 25.7 Å². The highest BCUT2D eigenvalue weighted by atomic mass is 32.2. The van der Waals surface area contributed by atoms with E-state index < -0.39 is 5.97 Å². The van der Waals surface area contributed by atoms with Crippen molar-refractivity contribution in [3.05, 3.63) is 0 Å². The molecule has 0 aromatic rings. The summed E-state index contributed by atoms with van der Waals surface area (Å²) < 4.78 is 0. The molecule has 1 aliphatic heterocycles. The van der Waals surface area contributed by atoms with Crippen molar-refractivity contribution in [3.63, 3.8) is 0 Å². The lowest BCUT2D eigenvalue weighted by Crippen LogP contribution is -2.32. The molecule has 0 spiro atoms. The maximum absolute atomic E-state index is 11.7. The Labute approximate surface area is 94.0 Å². The number of carboxylic acid groups (broad SMARTS) is 1. The molecule has 0 aliphatic carbocycles. The Morgan fingerprint density at radius 3 is 2.73 bits per heavy atom. The second-order valence-electron chi connectivity index (χ2n) is 3.59. The van der Waals surface area contributed by atoms with Crippen molar-refractivity contribution in [1.82, 2.24) is 4.90 Å². The van der Waals surface area contributed by atoms with Crippen molar-refractivity contribution >= 4 is 23.6 Å². The molecule has 0 radical (unpaired) electrons. The van der Waals surface area contributed by atoms with Gasteiger partial charge >= 0.3 is 5.97 Å². The summed E-state index contributed by atoms with van der Waals surface area (Å²) in [5.41, 5.74) is 0. The number of rotatable bonds is 4. The molecule has 1 saturated heterocycles. The van der Waals surface area contributed by atoms with Gasteiger partial charge in [-0.1, -0.05) is 0 Å². The average molecular weight is 231 g/mol. The summed E-state index contributed by atoms with van der Waals surface area (Å²) in [6, 6.07) is 0. The fraction of sp³-hybridized carbons (Fsp3) is 0.800. The van der Waals surface area contributed by atoms with Crippen LogP contribution in [0.2, 0.25) is 0 Å². The van der Waals surface area contributed by atoms with Gasteiger partial charge in [0.2, 0.25) is 5.91 Å². The Balaban J connectivity index is 2.22. The molecule has 0 unspecified atom stereocenters. The highest BCUT2D eigenvalue weighted by Gasteiger charge is 2.15. The van der Waals surface area contributed by atoms with E-state index in [0.717, 1.165) is 31.0 Å². The van der Waals surface area contributed by atoms with Crippen LogP contribution in [0.3, 0.4) is 0 Å². The van der Waals surface area contributed by atoms with Crippen molar-refractivity contribution in [1.29, 1.82) is 0 Å². The minimum absolute atomic E-state index is 0.0916. The largest absolute Gasteiger partial charge is 0.481 e. The number of amides is 1. The monoisotopic (exact) mass is 231 g/mol. The first kappa shape index (κ1) is 12.4.